The first-order chi connectivity index (χ1) is 9.16. The van der Waals surface area contributed by atoms with Crippen molar-refractivity contribution >= 4 is 23.3 Å². The van der Waals surface area contributed by atoms with Gasteiger partial charge in [-0.2, -0.15) is 0 Å². The maximum atomic E-state index is 10.9. The van der Waals surface area contributed by atoms with Crippen LogP contribution in [0.2, 0.25) is 5.02 Å². The van der Waals surface area contributed by atoms with Crippen molar-refractivity contribution in [3.63, 3.8) is 0 Å². The lowest BCUT2D eigenvalue weighted by molar-refractivity contribution is 0.0697. The van der Waals surface area contributed by atoms with Gasteiger partial charge in [0.2, 0.25) is 0 Å². The Morgan fingerprint density at radius 3 is 2.79 bits per heavy atom. The minimum absolute atomic E-state index is 0.258. The minimum atomic E-state index is -0.926. The van der Waals surface area contributed by atoms with Gasteiger partial charge in [0.05, 0.1) is 16.3 Å². The lowest BCUT2D eigenvalue weighted by Gasteiger charge is -2.33. The second kappa shape index (κ2) is 5.04. The van der Waals surface area contributed by atoms with Crippen LogP contribution in [-0.2, 0) is 0 Å². The normalized spacial score (nSPS) is 26.3. The Labute approximate surface area is 118 Å². The monoisotopic (exact) mass is 279 g/mol. The number of aromatic carboxylic acids is 1. The zero-order valence-corrected chi connectivity index (χ0v) is 11.6. The predicted octanol–water partition coefficient (Wildman–Crippen LogP) is 3.81. The molecular weight excluding hydrogens is 262 g/mol. The van der Waals surface area contributed by atoms with Crippen molar-refractivity contribution in [2.45, 2.75) is 38.1 Å². The Kier molecular flexibility index (Phi) is 3.40. The van der Waals surface area contributed by atoms with Gasteiger partial charge in [0.15, 0.2) is 0 Å². The summed E-state index contributed by atoms with van der Waals surface area (Å²) in [6.45, 7) is 1.04. The van der Waals surface area contributed by atoms with Gasteiger partial charge < -0.3 is 10.0 Å². The van der Waals surface area contributed by atoms with Crippen LogP contribution in [-0.4, -0.2) is 23.7 Å². The topological polar surface area (TPSA) is 40.5 Å². The molecule has 1 aliphatic heterocycles. The zero-order chi connectivity index (χ0) is 13.4. The lowest BCUT2D eigenvalue weighted by atomic mass is 9.85. The maximum absolute atomic E-state index is 10.9. The number of fused-ring (bicyclic) bond motifs is 1. The molecule has 2 fully saturated rings. The van der Waals surface area contributed by atoms with E-state index in [9.17, 15) is 4.79 Å². The van der Waals surface area contributed by atoms with Crippen molar-refractivity contribution in [2.24, 2.45) is 5.92 Å². The van der Waals surface area contributed by atoms with Gasteiger partial charge in [-0.25, -0.2) is 4.79 Å². The van der Waals surface area contributed by atoms with Crippen LogP contribution in [0, 0.1) is 5.92 Å². The number of carbonyl (C=O) groups is 1. The third-order valence-electron chi connectivity index (χ3n) is 4.51. The van der Waals surface area contributed by atoms with E-state index in [0.29, 0.717) is 11.1 Å². The van der Waals surface area contributed by atoms with E-state index in [-0.39, 0.29) is 5.56 Å². The number of benzene rings is 1. The second-order valence-electron chi connectivity index (χ2n) is 5.57. The summed E-state index contributed by atoms with van der Waals surface area (Å²) in [5, 5.41) is 9.54. The van der Waals surface area contributed by atoms with Crippen molar-refractivity contribution in [2.75, 3.05) is 11.4 Å². The summed E-state index contributed by atoms with van der Waals surface area (Å²) in [4.78, 5) is 13.3. The lowest BCUT2D eigenvalue weighted by Crippen LogP contribution is -2.34. The summed E-state index contributed by atoms with van der Waals surface area (Å²) in [6, 6.07) is 5.68. The number of rotatable bonds is 2. The molecule has 3 nitrogen and oxygen atoms in total. The molecule has 4 heteroatoms. The predicted molar refractivity (Wildman–Crippen MR) is 76.1 cm³/mol. The molecule has 0 bridgehead atoms. The fourth-order valence-electron chi connectivity index (χ4n) is 3.58. The van der Waals surface area contributed by atoms with Gasteiger partial charge in [0, 0.05) is 12.6 Å². The molecule has 1 saturated heterocycles. The third-order valence-corrected chi connectivity index (χ3v) is 4.82. The first kappa shape index (κ1) is 12.8. The van der Waals surface area contributed by atoms with E-state index >= 15 is 0 Å². The summed E-state index contributed by atoms with van der Waals surface area (Å²) in [5.41, 5.74) is 1.26. The molecule has 0 aromatic heterocycles. The van der Waals surface area contributed by atoms with Crippen LogP contribution >= 0.6 is 11.6 Å². The molecule has 3 rings (SSSR count). The van der Waals surface area contributed by atoms with Gasteiger partial charge in [0.25, 0.3) is 0 Å². The van der Waals surface area contributed by atoms with Crippen molar-refractivity contribution in [3.05, 3.63) is 28.8 Å². The van der Waals surface area contributed by atoms with Gasteiger partial charge in [-0.05, 0) is 43.4 Å². The van der Waals surface area contributed by atoms with E-state index in [0.717, 1.165) is 18.2 Å². The summed E-state index contributed by atoms with van der Waals surface area (Å²) in [5.74, 6) is -0.130. The fourth-order valence-corrected chi connectivity index (χ4v) is 3.87. The Bertz CT molecular complexity index is 503. The minimum Gasteiger partial charge on any atom is -0.478 e. The van der Waals surface area contributed by atoms with Gasteiger partial charge in [-0.15, -0.1) is 0 Å². The Morgan fingerprint density at radius 2 is 2.05 bits per heavy atom. The zero-order valence-electron chi connectivity index (χ0n) is 10.8. The quantitative estimate of drug-likeness (QED) is 0.895. The molecule has 0 amide bonds. The van der Waals surface area contributed by atoms with Crippen LogP contribution in [0.1, 0.15) is 42.5 Å². The largest absolute Gasteiger partial charge is 0.478 e. The molecular formula is C15H18ClNO2. The fraction of sp³-hybridized carbons (Fsp3) is 0.533. The molecule has 0 radical (unpaired) electrons. The molecule has 1 N–H and O–H groups in total. The Balaban J connectivity index is 1.88. The van der Waals surface area contributed by atoms with Crippen LogP contribution < -0.4 is 4.90 Å². The van der Waals surface area contributed by atoms with E-state index in [2.05, 4.69) is 4.90 Å². The Morgan fingerprint density at radius 1 is 1.26 bits per heavy atom. The van der Waals surface area contributed by atoms with Gasteiger partial charge in [-0.1, -0.05) is 24.4 Å². The van der Waals surface area contributed by atoms with Crippen molar-refractivity contribution in [3.8, 4) is 0 Å². The standard InChI is InChI=1S/C15H18ClNO2/c16-12-9-11(15(18)19)5-6-14(12)17-8-7-10-3-1-2-4-13(10)17/h5-6,9-10,13H,1-4,7-8H2,(H,18,19). The molecule has 1 aliphatic carbocycles. The van der Waals surface area contributed by atoms with Crippen LogP contribution in [0.4, 0.5) is 5.69 Å². The van der Waals surface area contributed by atoms with E-state index < -0.39 is 5.97 Å². The highest BCUT2D eigenvalue weighted by molar-refractivity contribution is 6.33. The second-order valence-corrected chi connectivity index (χ2v) is 5.97. The number of carboxylic acid groups (broad SMARTS) is 1. The molecule has 2 unspecified atom stereocenters. The molecule has 1 heterocycles. The number of hydrogen-bond donors (Lipinski definition) is 1. The molecule has 102 valence electrons. The van der Waals surface area contributed by atoms with Gasteiger partial charge >= 0.3 is 5.97 Å². The molecule has 0 spiro atoms. The average molecular weight is 280 g/mol. The third kappa shape index (κ3) is 2.32. The average Bonchev–Trinajstić information content (AvgIpc) is 2.82. The van der Waals surface area contributed by atoms with Crippen molar-refractivity contribution in [1.29, 1.82) is 0 Å². The summed E-state index contributed by atoms with van der Waals surface area (Å²) < 4.78 is 0. The highest BCUT2D eigenvalue weighted by Crippen LogP contribution is 2.41. The maximum Gasteiger partial charge on any atom is 0.335 e. The molecule has 1 saturated carbocycles. The van der Waals surface area contributed by atoms with Gasteiger partial charge in [0.1, 0.15) is 0 Å². The highest BCUT2D eigenvalue weighted by atomic mass is 35.5. The van der Waals surface area contributed by atoms with Crippen LogP contribution in [0.5, 0.6) is 0 Å². The van der Waals surface area contributed by atoms with Crippen LogP contribution in [0.15, 0.2) is 18.2 Å². The molecule has 2 aliphatic rings. The van der Waals surface area contributed by atoms with E-state index in [4.69, 9.17) is 16.7 Å². The summed E-state index contributed by atoms with van der Waals surface area (Å²) in [6.07, 6.45) is 6.44. The summed E-state index contributed by atoms with van der Waals surface area (Å²) in [7, 11) is 0. The van der Waals surface area contributed by atoms with Crippen molar-refractivity contribution in [1.82, 2.24) is 0 Å². The van der Waals surface area contributed by atoms with Crippen LogP contribution in [0.25, 0.3) is 0 Å². The van der Waals surface area contributed by atoms with E-state index in [1.807, 2.05) is 6.07 Å². The first-order valence-electron chi connectivity index (χ1n) is 6.96. The van der Waals surface area contributed by atoms with E-state index in [1.54, 1.807) is 12.1 Å². The molecule has 19 heavy (non-hydrogen) atoms. The number of carboxylic acids is 1. The highest BCUT2D eigenvalue weighted by Gasteiger charge is 2.36. The van der Waals surface area contributed by atoms with E-state index in [1.165, 1.54) is 32.1 Å². The number of nitrogens with zero attached hydrogens (tertiary/aromatic N) is 1. The van der Waals surface area contributed by atoms with Crippen LogP contribution in [0.3, 0.4) is 0 Å². The number of halogens is 1. The van der Waals surface area contributed by atoms with Gasteiger partial charge in [-0.3, -0.25) is 0 Å². The molecule has 1 aromatic carbocycles. The molecule has 2 atom stereocenters. The SMILES string of the molecule is O=C(O)c1ccc(N2CCC3CCCCC32)c(Cl)c1. The Hall–Kier alpha value is -1.22. The smallest absolute Gasteiger partial charge is 0.335 e. The van der Waals surface area contributed by atoms with Crippen molar-refractivity contribution < 1.29 is 9.90 Å². The first-order valence-corrected chi connectivity index (χ1v) is 7.34. The number of anilines is 1. The summed E-state index contributed by atoms with van der Waals surface area (Å²) >= 11 is 6.28. The number of hydrogen-bond acceptors (Lipinski definition) is 2. The molecule has 1 aromatic rings.